The molecule has 1 N–H and O–H groups in total. The predicted molar refractivity (Wildman–Crippen MR) is 68.7 cm³/mol. The lowest BCUT2D eigenvalue weighted by atomic mass is 10.4. The van der Waals surface area contributed by atoms with Gasteiger partial charge in [0.2, 0.25) is 0 Å². The van der Waals surface area contributed by atoms with Crippen LogP contribution in [0.4, 0.5) is 24.7 Å². The van der Waals surface area contributed by atoms with E-state index in [-0.39, 0.29) is 17.1 Å². The van der Waals surface area contributed by atoms with Crippen LogP contribution >= 0.6 is 15.9 Å². The number of nitrogens with zero attached hydrogens (tertiary/aromatic N) is 4. The lowest BCUT2D eigenvalue weighted by Crippen LogP contribution is -2.19. The van der Waals surface area contributed by atoms with Crippen LogP contribution in [0.2, 0.25) is 0 Å². The Morgan fingerprint density at radius 2 is 2.10 bits per heavy atom. The number of aromatic nitrogens is 4. The molecule has 0 spiro atoms. The molecule has 0 aliphatic carbocycles. The Hall–Kier alpha value is -1.84. The minimum absolute atomic E-state index is 0.0597. The molecule has 0 amide bonds. The Morgan fingerprint density at radius 1 is 1.40 bits per heavy atom. The third-order valence-corrected chi connectivity index (χ3v) is 2.73. The molecule has 0 saturated carbocycles. The van der Waals surface area contributed by atoms with Crippen molar-refractivity contribution in [3.8, 4) is 0 Å². The average Bonchev–Trinajstić information content (AvgIpc) is 2.70. The molecule has 0 radical (unpaired) electrons. The largest absolute Gasteiger partial charge is 0.408 e. The fourth-order valence-corrected chi connectivity index (χ4v) is 2.05. The summed E-state index contributed by atoms with van der Waals surface area (Å²) in [6.07, 6.45) is -1.74. The van der Waals surface area contributed by atoms with Gasteiger partial charge in [0.05, 0.1) is 6.20 Å². The molecule has 2 rings (SSSR count). The number of rotatable bonds is 3. The van der Waals surface area contributed by atoms with Crippen molar-refractivity contribution in [2.75, 3.05) is 5.32 Å². The van der Waals surface area contributed by atoms with Crippen LogP contribution in [-0.2, 0) is 13.6 Å². The van der Waals surface area contributed by atoms with Gasteiger partial charge in [-0.25, -0.2) is 4.68 Å². The van der Waals surface area contributed by atoms with Gasteiger partial charge in [-0.15, -0.1) is 5.10 Å². The third-order valence-electron chi connectivity index (χ3n) is 2.29. The second kappa shape index (κ2) is 5.27. The van der Waals surface area contributed by atoms with E-state index in [4.69, 9.17) is 0 Å². The SMILES string of the molecule is Cn1cc(Br)cc(Nc2cn(CC(F)(F)F)nn2)c1=O. The maximum absolute atomic E-state index is 12.2. The topological polar surface area (TPSA) is 64.7 Å². The highest BCUT2D eigenvalue weighted by Crippen LogP contribution is 2.19. The zero-order valence-corrected chi connectivity index (χ0v) is 11.7. The Labute approximate surface area is 119 Å². The van der Waals surface area contributed by atoms with E-state index in [0.717, 1.165) is 6.20 Å². The van der Waals surface area contributed by atoms with Crippen LogP contribution in [-0.4, -0.2) is 25.7 Å². The number of aryl methyl sites for hydroxylation is 1. The van der Waals surface area contributed by atoms with Gasteiger partial charge in [0.25, 0.3) is 5.56 Å². The fourth-order valence-electron chi connectivity index (χ4n) is 1.51. The zero-order chi connectivity index (χ0) is 14.9. The molecule has 2 heterocycles. The van der Waals surface area contributed by atoms with E-state index >= 15 is 0 Å². The van der Waals surface area contributed by atoms with Crippen molar-refractivity contribution in [1.29, 1.82) is 0 Å². The standard InChI is InChI=1S/C10H9BrF3N5O/c1-18-3-6(11)2-7(9(18)20)15-8-4-19(17-16-8)5-10(12,13)14/h2-4,15H,5H2,1H3. The van der Waals surface area contributed by atoms with Crippen LogP contribution in [0, 0.1) is 0 Å². The summed E-state index contributed by atoms with van der Waals surface area (Å²) in [6.45, 7) is -1.24. The molecule has 0 aromatic carbocycles. The first-order valence-electron chi connectivity index (χ1n) is 5.35. The van der Waals surface area contributed by atoms with Crippen LogP contribution in [0.15, 0.2) is 27.7 Å². The number of nitrogens with one attached hydrogen (secondary N) is 1. The van der Waals surface area contributed by atoms with E-state index in [9.17, 15) is 18.0 Å². The van der Waals surface area contributed by atoms with Crippen LogP contribution in [0.5, 0.6) is 0 Å². The summed E-state index contributed by atoms with van der Waals surface area (Å²) < 4.78 is 39.1. The number of hydrogen-bond donors (Lipinski definition) is 1. The van der Waals surface area contributed by atoms with Gasteiger partial charge in [0, 0.05) is 17.7 Å². The molecule has 0 atom stereocenters. The van der Waals surface area contributed by atoms with Crippen molar-refractivity contribution < 1.29 is 13.2 Å². The number of alkyl halides is 3. The van der Waals surface area contributed by atoms with Gasteiger partial charge in [-0.3, -0.25) is 4.79 Å². The quantitative estimate of drug-likeness (QED) is 0.918. The molecule has 0 bridgehead atoms. The Bertz CT molecular complexity index is 678. The maximum atomic E-state index is 12.2. The van der Waals surface area contributed by atoms with Crippen molar-refractivity contribution in [2.24, 2.45) is 7.05 Å². The highest BCUT2D eigenvalue weighted by molar-refractivity contribution is 9.10. The highest BCUT2D eigenvalue weighted by atomic mass is 79.9. The van der Waals surface area contributed by atoms with Gasteiger partial charge in [0.15, 0.2) is 5.82 Å². The first-order valence-corrected chi connectivity index (χ1v) is 6.14. The summed E-state index contributed by atoms with van der Waals surface area (Å²) in [6, 6.07) is 1.51. The molecule has 0 fully saturated rings. The van der Waals surface area contributed by atoms with Crippen molar-refractivity contribution in [2.45, 2.75) is 12.7 Å². The molecule has 0 aliphatic heterocycles. The van der Waals surface area contributed by atoms with Crippen LogP contribution in [0.25, 0.3) is 0 Å². The average molecular weight is 352 g/mol. The Morgan fingerprint density at radius 3 is 2.75 bits per heavy atom. The van der Waals surface area contributed by atoms with Crippen LogP contribution in [0.1, 0.15) is 0 Å². The molecule has 108 valence electrons. The predicted octanol–water partition coefficient (Wildman–Crippen LogP) is 2.05. The minimum atomic E-state index is -4.38. The van der Waals surface area contributed by atoms with Crippen molar-refractivity contribution >= 4 is 27.4 Å². The van der Waals surface area contributed by atoms with Gasteiger partial charge >= 0.3 is 6.18 Å². The summed E-state index contributed by atoms with van der Waals surface area (Å²) in [4.78, 5) is 11.8. The Kier molecular flexibility index (Phi) is 3.84. The number of hydrogen-bond acceptors (Lipinski definition) is 4. The van der Waals surface area contributed by atoms with Gasteiger partial charge in [-0.2, -0.15) is 13.2 Å². The van der Waals surface area contributed by atoms with Crippen molar-refractivity contribution in [3.63, 3.8) is 0 Å². The summed E-state index contributed by atoms with van der Waals surface area (Å²) >= 11 is 3.22. The smallest absolute Gasteiger partial charge is 0.333 e. The van der Waals surface area contributed by atoms with Gasteiger partial charge in [-0.05, 0) is 22.0 Å². The number of pyridine rings is 1. The number of halogens is 4. The second-order valence-electron chi connectivity index (χ2n) is 4.03. The van der Waals surface area contributed by atoms with Crippen molar-refractivity contribution in [1.82, 2.24) is 19.6 Å². The highest BCUT2D eigenvalue weighted by Gasteiger charge is 2.28. The number of anilines is 2. The van der Waals surface area contributed by atoms with E-state index in [1.807, 2.05) is 0 Å². The molecule has 0 unspecified atom stereocenters. The molecule has 0 saturated heterocycles. The molecule has 0 aliphatic rings. The molecule has 20 heavy (non-hydrogen) atoms. The monoisotopic (exact) mass is 351 g/mol. The van der Waals surface area contributed by atoms with E-state index in [2.05, 4.69) is 31.6 Å². The maximum Gasteiger partial charge on any atom is 0.408 e. The van der Waals surface area contributed by atoms with E-state index in [1.165, 1.54) is 10.6 Å². The lowest BCUT2D eigenvalue weighted by molar-refractivity contribution is -0.142. The first-order chi connectivity index (χ1) is 9.24. The van der Waals surface area contributed by atoms with Crippen LogP contribution < -0.4 is 10.9 Å². The first kappa shape index (κ1) is 14.6. The normalized spacial score (nSPS) is 11.7. The molecular formula is C10H9BrF3N5O. The van der Waals surface area contributed by atoms with Gasteiger partial charge in [0.1, 0.15) is 12.2 Å². The van der Waals surface area contributed by atoms with Gasteiger partial charge < -0.3 is 9.88 Å². The van der Waals surface area contributed by atoms with Crippen LogP contribution in [0.3, 0.4) is 0 Å². The summed E-state index contributed by atoms with van der Waals surface area (Å²) in [5.41, 5.74) is -0.153. The molecular weight excluding hydrogens is 343 g/mol. The van der Waals surface area contributed by atoms with E-state index < -0.39 is 12.7 Å². The zero-order valence-electron chi connectivity index (χ0n) is 10.1. The molecule has 6 nitrogen and oxygen atoms in total. The second-order valence-corrected chi connectivity index (χ2v) is 4.95. The molecule has 2 aromatic rings. The Balaban J connectivity index is 2.21. The summed E-state index contributed by atoms with van der Waals surface area (Å²) in [5.74, 6) is 0.0597. The van der Waals surface area contributed by atoms with E-state index in [1.54, 1.807) is 13.2 Å². The lowest BCUT2D eigenvalue weighted by Gasteiger charge is -2.05. The van der Waals surface area contributed by atoms with Gasteiger partial charge in [-0.1, -0.05) is 5.21 Å². The van der Waals surface area contributed by atoms with Crippen molar-refractivity contribution in [3.05, 3.63) is 33.3 Å². The van der Waals surface area contributed by atoms with E-state index in [0.29, 0.717) is 9.15 Å². The molecule has 2 aromatic heterocycles. The third kappa shape index (κ3) is 3.59. The molecule has 10 heteroatoms. The summed E-state index contributed by atoms with van der Waals surface area (Å²) in [5, 5.41) is 9.51. The minimum Gasteiger partial charge on any atom is -0.333 e. The summed E-state index contributed by atoms with van der Waals surface area (Å²) in [7, 11) is 1.55. The fraction of sp³-hybridized carbons (Fsp3) is 0.300.